The Morgan fingerprint density at radius 2 is 1.77 bits per heavy atom. The topological polar surface area (TPSA) is 93.7 Å². The standard InChI is InChI=1S/C23H24N2O5S/c1-29-22(27)18(25-21(26)20-14-17-10-5-6-12-19(17)31-20)11-7-13-24-23(28)30-15-16-8-3-2-4-9-16/h2-6,8-10,12,14,18H,7,11,13,15H2,1H3,(H,24,28)(H,25,26)/t18-/m0/s1. The second kappa shape index (κ2) is 11.1. The number of thiophene rings is 1. The molecule has 2 aromatic carbocycles. The highest BCUT2D eigenvalue weighted by Crippen LogP contribution is 2.25. The van der Waals surface area contributed by atoms with Crippen LogP contribution in [-0.2, 0) is 20.9 Å². The lowest BCUT2D eigenvalue weighted by Crippen LogP contribution is -2.41. The Balaban J connectivity index is 1.45. The maximum atomic E-state index is 12.6. The van der Waals surface area contributed by atoms with Gasteiger partial charge in [0.15, 0.2) is 0 Å². The first-order valence-electron chi connectivity index (χ1n) is 9.88. The normalized spacial score (nSPS) is 11.5. The molecular weight excluding hydrogens is 416 g/mol. The van der Waals surface area contributed by atoms with Gasteiger partial charge in [0.05, 0.1) is 12.0 Å². The highest BCUT2D eigenvalue weighted by molar-refractivity contribution is 7.20. The van der Waals surface area contributed by atoms with Crippen LogP contribution in [0.4, 0.5) is 4.79 Å². The van der Waals surface area contributed by atoms with Crippen LogP contribution in [0.2, 0.25) is 0 Å². The number of rotatable bonds is 9. The summed E-state index contributed by atoms with van der Waals surface area (Å²) in [7, 11) is 1.28. The van der Waals surface area contributed by atoms with Gasteiger partial charge in [0, 0.05) is 11.2 Å². The fourth-order valence-electron chi connectivity index (χ4n) is 2.99. The number of hydrogen-bond donors (Lipinski definition) is 2. The molecule has 0 saturated carbocycles. The van der Waals surface area contributed by atoms with Crippen LogP contribution in [0.15, 0.2) is 60.7 Å². The smallest absolute Gasteiger partial charge is 0.407 e. The number of esters is 1. The summed E-state index contributed by atoms with van der Waals surface area (Å²) in [6, 6.07) is 18.1. The predicted octanol–water partition coefficient (Wildman–Crippen LogP) is 3.88. The Kier molecular flexibility index (Phi) is 8.00. The van der Waals surface area contributed by atoms with E-state index in [1.165, 1.54) is 18.4 Å². The number of benzene rings is 2. The van der Waals surface area contributed by atoms with Crippen LogP contribution in [0.5, 0.6) is 0 Å². The van der Waals surface area contributed by atoms with Crippen molar-refractivity contribution in [3.05, 3.63) is 71.1 Å². The van der Waals surface area contributed by atoms with E-state index in [4.69, 9.17) is 9.47 Å². The quantitative estimate of drug-likeness (QED) is 0.389. The molecule has 31 heavy (non-hydrogen) atoms. The summed E-state index contributed by atoms with van der Waals surface area (Å²) in [5.74, 6) is -0.854. The molecule has 1 heterocycles. The zero-order chi connectivity index (χ0) is 22.1. The van der Waals surface area contributed by atoms with Gasteiger partial charge >= 0.3 is 12.1 Å². The molecule has 0 aliphatic rings. The SMILES string of the molecule is COC(=O)[C@H](CCCNC(=O)OCc1ccccc1)NC(=O)c1cc2ccccc2s1. The van der Waals surface area contributed by atoms with E-state index in [0.717, 1.165) is 15.6 Å². The van der Waals surface area contributed by atoms with Gasteiger partial charge in [0.1, 0.15) is 12.6 Å². The fourth-order valence-corrected chi connectivity index (χ4v) is 3.95. The molecule has 162 valence electrons. The largest absolute Gasteiger partial charge is 0.467 e. The van der Waals surface area contributed by atoms with E-state index in [1.807, 2.05) is 54.6 Å². The van der Waals surface area contributed by atoms with Gasteiger partial charge in [0.25, 0.3) is 5.91 Å². The van der Waals surface area contributed by atoms with Gasteiger partial charge in [-0.05, 0) is 35.9 Å². The van der Waals surface area contributed by atoms with Crippen LogP contribution in [0.25, 0.3) is 10.1 Å². The molecule has 1 atom stereocenters. The predicted molar refractivity (Wildman–Crippen MR) is 119 cm³/mol. The number of alkyl carbamates (subject to hydrolysis) is 1. The second-order valence-corrected chi connectivity index (χ2v) is 7.91. The first-order chi connectivity index (χ1) is 15.1. The van der Waals surface area contributed by atoms with E-state index in [1.54, 1.807) is 6.07 Å². The van der Waals surface area contributed by atoms with Crippen molar-refractivity contribution in [1.29, 1.82) is 0 Å². The Hall–Kier alpha value is -3.39. The van der Waals surface area contributed by atoms with Crippen LogP contribution in [0.1, 0.15) is 28.1 Å². The van der Waals surface area contributed by atoms with Crippen molar-refractivity contribution >= 4 is 39.4 Å². The molecule has 0 fully saturated rings. The monoisotopic (exact) mass is 440 g/mol. The van der Waals surface area contributed by atoms with Crippen LogP contribution < -0.4 is 10.6 Å². The second-order valence-electron chi connectivity index (χ2n) is 6.83. The summed E-state index contributed by atoms with van der Waals surface area (Å²) >= 11 is 1.36. The molecule has 7 nitrogen and oxygen atoms in total. The molecule has 0 bridgehead atoms. The molecule has 0 saturated heterocycles. The van der Waals surface area contributed by atoms with E-state index in [-0.39, 0.29) is 12.5 Å². The van der Waals surface area contributed by atoms with Crippen molar-refractivity contribution in [2.45, 2.75) is 25.5 Å². The Morgan fingerprint density at radius 1 is 1.03 bits per heavy atom. The summed E-state index contributed by atoms with van der Waals surface area (Å²) in [5, 5.41) is 6.35. The molecule has 0 spiro atoms. The number of nitrogens with one attached hydrogen (secondary N) is 2. The lowest BCUT2D eigenvalue weighted by molar-refractivity contribution is -0.143. The summed E-state index contributed by atoms with van der Waals surface area (Å²) in [4.78, 5) is 37.0. The summed E-state index contributed by atoms with van der Waals surface area (Å²) in [6.45, 7) is 0.489. The minimum Gasteiger partial charge on any atom is -0.467 e. The van der Waals surface area contributed by atoms with Gasteiger partial charge in [-0.15, -0.1) is 11.3 Å². The van der Waals surface area contributed by atoms with Crippen molar-refractivity contribution in [3.63, 3.8) is 0 Å². The molecule has 0 radical (unpaired) electrons. The van der Waals surface area contributed by atoms with Crippen molar-refractivity contribution in [2.75, 3.05) is 13.7 Å². The third-order valence-electron chi connectivity index (χ3n) is 4.59. The van der Waals surface area contributed by atoms with E-state index in [9.17, 15) is 14.4 Å². The average Bonchev–Trinajstić information content (AvgIpc) is 3.24. The lowest BCUT2D eigenvalue weighted by atomic mass is 10.1. The Bertz CT molecular complexity index is 1000. The van der Waals surface area contributed by atoms with Gasteiger partial charge in [-0.1, -0.05) is 48.5 Å². The zero-order valence-electron chi connectivity index (χ0n) is 17.1. The van der Waals surface area contributed by atoms with E-state index in [0.29, 0.717) is 24.3 Å². The maximum Gasteiger partial charge on any atom is 0.407 e. The number of carbonyl (C=O) groups excluding carboxylic acids is 3. The Morgan fingerprint density at radius 3 is 2.52 bits per heavy atom. The van der Waals surface area contributed by atoms with Crippen LogP contribution in [0.3, 0.4) is 0 Å². The maximum absolute atomic E-state index is 12.6. The molecule has 2 N–H and O–H groups in total. The number of amides is 2. The van der Waals surface area contributed by atoms with Gasteiger partial charge in [-0.25, -0.2) is 9.59 Å². The Labute approximate surface area is 184 Å². The van der Waals surface area contributed by atoms with E-state index >= 15 is 0 Å². The number of hydrogen-bond acceptors (Lipinski definition) is 6. The summed E-state index contributed by atoms with van der Waals surface area (Å²) < 4.78 is 11.0. The number of fused-ring (bicyclic) bond motifs is 1. The zero-order valence-corrected chi connectivity index (χ0v) is 17.9. The third kappa shape index (κ3) is 6.55. The average molecular weight is 441 g/mol. The van der Waals surface area contributed by atoms with Gasteiger partial charge < -0.3 is 20.1 Å². The van der Waals surface area contributed by atoms with Crippen molar-refractivity contribution in [1.82, 2.24) is 10.6 Å². The minimum atomic E-state index is -0.801. The molecular formula is C23H24N2O5S. The first kappa shape index (κ1) is 22.3. The number of ether oxygens (including phenoxy) is 2. The lowest BCUT2D eigenvalue weighted by Gasteiger charge is -2.16. The fraction of sp³-hybridized carbons (Fsp3) is 0.261. The molecule has 0 aliphatic heterocycles. The summed E-state index contributed by atoms with van der Waals surface area (Å²) in [5.41, 5.74) is 0.896. The molecule has 0 aliphatic carbocycles. The van der Waals surface area contributed by atoms with Crippen LogP contribution >= 0.6 is 11.3 Å². The molecule has 3 aromatic rings. The number of carbonyl (C=O) groups is 3. The van der Waals surface area contributed by atoms with E-state index in [2.05, 4.69) is 10.6 Å². The van der Waals surface area contributed by atoms with Crippen molar-refractivity contribution in [2.24, 2.45) is 0 Å². The van der Waals surface area contributed by atoms with Gasteiger partial charge in [-0.3, -0.25) is 4.79 Å². The third-order valence-corrected chi connectivity index (χ3v) is 5.71. The van der Waals surface area contributed by atoms with Gasteiger partial charge in [-0.2, -0.15) is 0 Å². The minimum absolute atomic E-state index is 0.183. The summed E-state index contributed by atoms with van der Waals surface area (Å²) in [6.07, 6.45) is 0.252. The first-order valence-corrected chi connectivity index (χ1v) is 10.7. The molecule has 1 aromatic heterocycles. The van der Waals surface area contributed by atoms with Crippen molar-refractivity contribution < 1.29 is 23.9 Å². The molecule has 8 heteroatoms. The van der Waals surface area contributed by atoms with Crippen molar-refractivity contribution in [3.8, 4) is 0 Å². The van der Waals surface area contributed by atoms with Crippen LogP contribution in [0, 0.1) is 0 Å². The number of methoxy groups -OCH3 is 1. The van der Waals surface area contributed by atoms with Crippen LogP contribution in [-0.4, -0.2) is 37.7 Å². The highest BCUT2D eigenvalue weighted by atomic mass is 32.1. The highest BCUT2D eigenvalue weighted by Gasteiger charge is 2.22. The molecule has 2 amide bonds. The van der Waals surface area contributed by atoms with Gasteiger partial charge in [0.2, 0.25) is 0 Å². The molecule has 3 rings (SSSR count). The molecule has 0 unspecified atom stereocenters. The van der Waals surface area contributed by atoms with E-state index < -0.39 is 18.1 Å².